The van der Waals surface area contributed by atoms with Gasteiger partial charge in [-0.15, -0.1) is 6.58 Å². The molecular weight excluding hydrogens is 208 g/mol. The molecule has 2 rings (SSSR count). The topological polar surface area (TPSA) is 15.3 Å². The average molecular weight is 236 g/mol. The maximum Gasteiger partial charge on any atom is 0.0201 e. The van der Waals surface area contributed by atoms with Crippen LogP contribution in [-0.2, 0) is 0 Å². The number of nitrogens with one attached hydrogen (secondary N) is 1. The zero-order chi connectivity index (χ0) is 12.1. The van der Waals surface area contributed by atoms with E-state index in [-0.39, 0.29) is 0 Å². The molecule has 1 aliphatic heterocycles. The zero-order valence-corrected chi connectivity index (χ0v) is 11.3. The van der Waals surface area contributed by atoms with Gasteiger partial charge in [0.1, 0.15) is 0 Å². The van der Waals surface area contributed by atoms with Crippen molar-refractivity contribution in [2.24, 2.45) is 5.92 Å². The predicted octanol–water partition coefficient (Wildman–Crippen LogP) is 2.81. The van der Waals surface area contributed by atoms with Crippen LogP contribution in [0.5, 0.6) is 0 Å². The summed E-state index contributed by atoms with van der Waals surface area (Å²) in [5.41, 5.74) is 0. The van der Waals surface area contributed by atoms with Crippen LogP contribution < -0.4 is 5.32 Å². The van der Waals surface area contributed by atoms with Gasteiger partial charge in [-0.2, -0.15) is 0 Å². The van der Waals surface area contributed by atoms with Gasteiger partial charge in [-0.05, 0) is 38.1 Å². The maximum absolute atomic E-state index is 3.87. The fraction of sp³-hybridized carbons (Fsp3) is 0.867. The van der Waals surface area contributed by atoms with Crippen molar-refractivity contribution >= 4 is 0 Å². The molecule has 0 spiro atoms. The summed E-state index contributed by atoms with van der Waals surface area (Å²) in [4.78, 5) is 2.54. The summed E-state index contributed by atoms with van der Waals surface area (Å²) in [6, 6.07) is 1.57. The monoisotopic (exact) mass is 236 g/mol. The van der Waals surface area contributed by atoms with Gasteiger partial charge in [-0.3, -0.25) is 4.90 Å². The number of hydrogen-bond donors (Lipinski definition) is 1. The van der Waals surface area contributed by atoms with Crippen molar-refractivity contribution in [3.8, 4) is 0 Å². The van der Waals surface area contributed by atoms with Crippen LogP contribution in [0.15, 0.2) is 12.7 Å². The third kappa shape index (κ3) is 3.56. The first-order valence-electron chi connectivity index (χ1n) is 7.42. The summed E-state index contributed by atoms with van der Waals surface area (Å²) in [7, 11) is 0. The minimum Gasteiger partial charge on any atom is -0.310 e. The number of nitrogens with zero attached hydrogens (tertiary/aromatic N) is 1. The highest BCUT2D eigenvalue weighted by molar-refractivity contribution is 4.94. The van der Waals surface area contributed by atoms with Crippen LogP contribution in [-0.4, -0.2) is 36.6 Å². The molecule has 0 bridgehead atoms. The van der Waals surface area contributed by atoms with Crippen LogP contribution in [0.3, 0.4) is 0 Å². The summed E-state index contributed by atoms with van der Waals surface area (Å²) in [6.45, 7) is 9.60. The first kappa shape index (κ1) is 13.1. The van der Waals surface area contributed by atoms with Gasteiger partial charge in [0.2, 0.25) is 0 Å². The molecule has 3 atom stereocenters. The van der Waals surface area contributed by atoms with Crippen molar-refractivity contribution in [2.75, 3.05) is 19.6 Å². The van der Waals surface area contributed by atoms with Crippen LogP contribution in [0.2, 0.25) is 0 Å². The van der Waals surface area contributed by atoms with E-state index < -0.39 is 0 Å². The van der Waals surface area contributed by atoms with Gasteiger partial charge in [0.25, 0.3) is 0 Å². The minimum absolute atomic E-state index is 0.731. The third-order valence-corrected chi connectivity index (χ3v) is 4.35. The molecule has 2 heteroatoms. The number of hydrogen-bond acceptors (Lipinski definition) is 2. The van der Waals surface area contributed by atoms with E-state index in [1.54, 1.807) is 0 Å². The summed E-state index contributed by atoms with van der Waals surface area (Å²) < 4.78 is 0. The zero-order valence-electron chi connectivity index (χ0n) is 11.3. The van der Waals surface area contributed by atoms with Crippen LogP contribution in [0.1, 0.15) is 45.4 Å². The van der Waals surface area contributed by atoms with E-state index in [2.05, 4.69) is 23.7 Å². The summed E-state index contributed by atoms with van der Waals surface area (Å²) in [5.74, 6) is 0.973. The van der Waals surface area contributed by atoms with E-state index in [4.69, 9.17) is 0 Å². The lowest BCUT2D eigenvalue weighted by Crippen LogP contribution is -2.40. The summed E-state index contributed by atoms with van der Waals surface area (Å²) in [5, 5.41) is 3.86. The number of fused-ring (bicyclic) bond motifs is 1. The van der Waals surface area contributed by atoms with E-state index in [0.717, 1.165) is 24.5 Å². The van der Waals surface area contributed by atoms with E-state index >= 15 is 0 Å². The Morgan fingerprint density at radius 2 is 2.18 bits per heavy atom. The molecule has 1 saturated carbocycles. The maximum atomic E-state index is 3.87. The molecule has 1 heterocycles. The lowest BCUT2D eigenvalue weighted by Gasteiger charge is -2.25. The van der Waals surface area contributed by atoms with Gasteiger partial charge in [-0.1, -0.05) is 25.8 Å². The SMILES string of the molecule is C=CCN(CCC)CC1CC2CCCCC2N1. The largest absolute Gasteiger partial charge is 0.310 e. The summed E-state index contributed by atoms with van der Waals surface area (Å²) in [6.07, 6.45) is 10.5. The Kier molecular flexibility index (Phi) is 5.05. The van der Waals surface area contributed by atoms with E-state index in [1.165, 1.54) is 51.6 Å². The molecule has 0 radical (unpaired) electrons. The molecule has 0 aromatic carbocycles. The van der Waals surface area contributed by atoms with Gasteiger partial charge < -0.3 is 5.32 Å². The molecule has 2 aliphatic rings. The molecule has 2 nitrogen and oxygen atoms in total. The fourth-order valence-corrected chi connectivity index (χ4v) is 3.64. The molecule has 0 amide bonds. The molecule has 1 aliphatic carbocycles. The molecule has 1 N–H and O–H groups in total. The first-order chi connectivity index (χ1) is 8.33. The van der Waals surface area contributed by atoms with Crippen LogP contribution >= 0.6 is 0 Å². The highest BCUT2D eigenvalue weighted by atomic mass is 15.2. The Morgan fingerprint density at radius 1 is 1.35 bits per heavy atom. The minimum atomic E-state index is 0.731. The third-order valence-electron chi connectivity index (χ3n) is 4.35. The molecule has 1 saturated heterocycles. The quantitative estimate of drug-likeness (QED) is 0.713. The van der Waals surface area contributed by atoms with Crippen molar-refractivity contribution in [1.82, 2.24) is 10.2 Å². The molecular formula is C15H28N2. The highest BCUT2D eigenvalue weighted by Crippen LogP contribution is 2.33. The molecule has 2 fully saturated rings. The second-order valence-electron chi connectivity index (χ2n) is 5.80. The predicted molar refractivity (Wildman–Crippen MR) is 74.2 cm³/mol. The van der Waals surface area contributed by atoms with Crippen LogP contribution in [0.4, 0.5) is 0 Å². The standard InChI is InChI=1S/C15H28N2/c1-3-9-17(10-4-2)12-14-11-13-7-5-6-8-15(13)16-14/h3,13-16H,1,4-12H2,2H3. The van der Waals surface area contributed by atoms with E-state index in [9.17, 15) is 0 Å². The Labute approximate surface area is 106 Å². The number of rotatable bonds is 6. The van der Waals surface area contributed by atoms with Crippen molar-refractivity contribution in [3.63, 3.8) is 0 Å². The highest BCUT2D eigenvalue weighted by Gasteiger charge is 2.35. The Bertz CT molecular complexity index is 225. The second-order valence-corrected chi connectivity index (χ2v) is 5.80. The first-order valence-corrected chi connectivity index (χ1v) is 7.42. The lowest BCUT2D eigenvalue weighted by atomic mass is 9.85. The van der Waals surface area contributed by atoms with Gasteiger partial charge >= 0.3 is 0 Å². The Morgan fingerprint density at radius 3 is 2.88 bits per heavy atom. The van der Waals surface area contributed by atoms with Crippen molar-refractivity contribution < 1.29 is 0 Å². The van der Waals surface area contributed by atoms with Gasteiger partial charge in [0, 0.05) is 25.2 Å². The van der Waals surface area contributed by atoms with Crippen molar-refractivity contribution in [2.45, 2.75) is 57.5 Å². The normalized spacial score (nSPS) is 32.7. The van der Waals surface area contributed by atoms with Crippen molar-refractivity contribution in [1.29, 1.82) is 0 Å². The van der Waals surface area contributed by atoms with Crippen molar-refractivity contribution in [3.05, 3.63) is 12.7 Å². The lowest BCUT2D eigenvalue weighted by molar-refractivity contribution is 0.270. The Hall–Kier alpha value is -0.340. The Balaban J connectivity index is 1.80. The average Bonchev–Trinajstić information content (AvgIpc) is 2.71. The van der Waals surface area contributed by atoms with Gasteiger partial charge in [-0.25, -0.2) is 0 Å². The molecule has 3 unspecified atom stereocenters. The summed E-state index contributed by atoms with van der Waals surface area (Å²) >= 11 is 0. The fourth-order valence-electron chi connectivity index (χ4n) is 3.64. The van der Waals surface area contributed by atoms with Crippen LogP contribution in [0.25, 0.3) is 0 Å². The van der Waals surface area contributed by atoms with Gasteiger partial charge in [0.05, 0.1) is 0 Å². The van der Waals surface area contributed by atoms with E-state index in [1.807, 2.05) is 6.08 Å². The molecule has 17 heavy (non-hydrogen) atoms. The molecule has 0 aromatic heterocycles. The van der Waals surface area contributed by atoms with Crippen LogP contribution in [0, 0.1) is 5.92 Å². The second kappa shape index (κ2) is 6.55. The molecule has 0 aromatic rings. The molecule has 98 valence electrons. The van der Waals surface area contributed by atoms with E-state index in [0.29, 0.717) is 0 Å². The van der Waals surface area contributed by atoms with Gasteiger partial charge in [0.15, 0.2) is 0 Å². The smallest absolute Gasteiger partial charge is 0.0201 e.